The minimum Gasteiger partial charge on any atom is -0.478 e. The van der Waals surface area contributed by atoms with Gasteiger partial charge in [0.1, 0.15) is 11.4 Å². The number of benzene rings is 1. The van der Waals surface area contributed by atoms with Crippen LogP contribution in [-0.2, 0) is 14.4 Å². The number of ketones is 2. The van der Waals surface area contributed by atoms with Crippen LogP contribution in [0.4, 0.5) is 0 Å². The molecule has 1 aromatic carbocycles. The lowest BCUT2D eigenvalue weighted by Crippen LogP contribution is -2.73. The van der Waals surface area contributed by atoms with Crippen molar-refractivity contribution in [2.24, 2.45) is 73.1 Å². The zero-order valence-electron chi connectivity index (χ0n) is 35.2. The number of guanidine groups is 1. The number of Topliss-reactive ketones (excluding diaryl/α,β-unsaturated/α-hetero) is 2. The molecular weight excluding hydrogens is 755 g/mol. The van der Waals surface area contributed by atoms with Gasteiger partial charge in [-0.3, -0.25) is 9.59 Å². The molecule has 10 nitrogen and oxygen atoms in total. The molecule has 60 heavy (non-hydrogen) atoms. The molecule has 3 saturated carbocycles. The van der Waals surface area contributed by atoms with Crippen LogP contribution < -0.4 is 11.5 Å². The Bertz CT molecular complexity index is 2310. The van der Waals surface area contributed by atoms with Crippen LogP contribution in [0.25, 0.3) is 6.08 Å². The highest BCUT2D eigenvalue weighted by atomic mass is 16.4. The summed E-state index contributed by atoms with van der Waals surface area (Å²) < 4.78 is 0. The number of carboxylic acids is 1. The molecular formula is C50H59N3O7. The van der Waals surface area contributed by atoms with Gasteiger partial charge < -0.3 is 31.9 Å². The van der Waals surface area contributed by atoms with Gasteiger partial charge in [0.15, 0.2) is 11.7 Å². The van der Waals surface area contributed by atoms with Crippen LogP contribution in [0.15, 0.2) is 88.5 Å². The van der Waals surface area contributed by atoms with Crippen molar-refractivity contribution in [1.29, 1.82) is 0 Å². The number of allylic oxidation sites excluding steroid dienone is 2. The van der Waals surface area contributed by atoms with E-state index in [-0.39, 0.29) is 35.9 Å². The summed E-state index contributed by atoms with van der Waals surface area (Å²) in [6.45, 7) is 7.75. The fourth-order valence-corrected chi connectivity index (χ4v) is 15.5. The zero-order valence-corrected chi connectivity index (χ0v) is 35.2. The fourth-order valence-electron chi connectivity index (χ4n) is 15.5. The van der Waals surface area contributed by atoms with Crippen LogP contribution in [0, 0.1) is 68.5 Å². The Hall–Kier alpha value is -4.56. The summed E-state index contributed by atoms with van der Waals surface area (Å²) in [5, 5.41) is 50.2. The van der Waals surface area contributed by atoms with Gasteiger partial charge in [-0.25, -0.2) is 9.79 Å². The second-order valence-corrected chi connectivity index (χ2v) is 20.2. The highest BCUT2D eigenvalue weighted by molar-refractivity contribution is 6.04. The van der Waals surface area contributed by atoms with Gasteiger partial charge in [-0.15, -0.1) is 11.8 Å². The number of aliphatic hydroxyl groups excluding tert-OH is 1. The topological polar surface area (TPSA) is 197 Å². The number of aliphatic carboxylic acids is 1. The van der Waals surface area contributed by atoms with Crippen LogP contribution >= 0.6 is 0 Å². The van der Waals surface area contributed by atoms with Crippen molar-refractivity contribution in [3.05, 3.63) is 89.1 Å². The van der Waals surface area contributed by atoms with E-state index in [1.54, 1.807) is 6.08 Å². The molecule has 0 saturated heterocycles. The van der Waals surface area contributed by atoms with Crippen molar-refractivity contribution < 1.29 is 34.8 Å². The molecule has 4 bridgehead atoms. The Kier molecular flexibility index (Phi) is 9.16. The zero-order chi connectivity index (χ0) is 42.8. The third kappa shape index (κ3) is 5.00. The first kappa shape index (κ1) is 40.8. The Labute approximate surface area is 352 Å². The Balaban J connectivity index is 1.38. The molecule has 0 radical (unpaired) electrons. The van der Waals surface area contributed by atoms with E-state index in [1.807, 2.05) is 55.5 Å². The third-order valence-electron chi connectivity index (χ3n) is 17.7. The van der Waals surface area contributed by atoms with Crippen molar-refractivity contribution in [2.75, 3.05) is 0 Å². The van der Waals surface area contributed by atoms with Crippen molar-refractivity contribution in [2.45, 2.75) is 115 Å². The molecule has 0 aliphatic heterocycles. The summed E-state index contributed by atoms with van der Waals surface area (Å²) in [7, 11) is 0. The summed E-state index contributed by atoms with van der Waals surface area (Å²) in [4.78, 5) is 47.5. The predicted octanol–water partition coefficient (Wildman–Crippen LogP) is 5.83. The quantitative estimate of drug-likeness (QED) is 0.0674. The molecule has 9 rings (SSSR count). The maximum atomic E-state index is 16.3. The second kappa shape index (κ2) is 13.5. The number of nitrogens with zero attached hydrogens (tertiary/aromatic N) is 1. The minimum atomic E-state index is -1.76. The molecule has 8 aliphatic rings. The number of aliphatic hydroxyl groups is 3. The van der Waals surface area contributed by atoms with Crippen molar-refractivity contribution >= 4 is 29.6 Å². The lowest BCUT2D eigenvalue weighted by Gasteiger charge is -2.71. The predicted molar refractivity (Wildman–Crippen MR) is 228 cm³/mol. The van der Waals surface area contributed by atoms with E-state index in [0.717, 1.165) is 12.0 Å². The maximum absolute atomic E-state index is 16.3. The average Bonchev–Trinajstić information content (AvgIpc) is 3.34. The van der Waals surface area contributed by atoms with Gasteiger partial charge in [0.05, 0.1) is 17.7 Å². The second-order valence-electron chi connectivity index (χ2n) is 20.2. The number of rotatable bonds is 6. The molecule has 0 amide bonds. The molecule has 8 N–H and O–H groups in total. The molecule has 0 aromatic heterocycles. The van der Waals surface area contributed by atoms with Gasteiger partial charge >= 0.3 is 5.97 Å². The van der Waals surface area contributed by atoms with Crippen LogP contribution in [0.1, 0.15) is 97.5 Å². The SMILES string of the molecule is CC(=CC(O)C1C(N=C(N)N)C=CC23CC4(O)C=CC5(O)C6=C7C(=O)C(CCCCC12)C3(C)C64CCC#CCC1(C)C(=O)CCC7(C)C1C5C=Cc1ccccc1)C(=O)O. The summed E-state index contributed by atoms with van der Waals surface area (Å²) in [5.41, 5.74) is 5.79. The number of carbonyl (C=O) groups is 3. The molecule has 1 aromatic rings. The van der Waals surface area contributed by atoms with Crippen LogP contribution in [-0.4, -0.2) is 67.3 Å². The largest absolute Gasteiger partial charge is 0.478 e. The van der Waals surface area contributed by atoms with Crippen LogP contribution in [0.2, 0.25) is 0 Å². The molecule has 316 valence electrons. The smallest absolute Gasteiger partial charge is 0.331 e. The Morgan fingerprint density at radius 3 is 2.43 bits per heavy atom. The summed E-state index contributed by atoms with van der Waals surface area (Å²) >= 11 is 0. The Morgan fingerprint density at radius 1 is 0.983 bits per heavy atom. The van der Waals surface area contributed by atoms with Gasteiger partial charge in [0, 0.05) is 69.8 Å². The van der Waals surface area contributed by atoms with Gasteiger partial charge in [0.2, 0.25) is 0 Å². The van der Waals surface area contributed by atoms with E-state index in [2.05, 4.69) is 42.8 Å². The summed E-state index contributed by atoms with van der Waals surface area (Å²) in [5.74, 6) is 2.78. The Morgan fingerprint density at radius 2 is 1.72 bits per heavy atom. The first-order chi connectivity index (χ1) is 28.4. The average molecular weight is 814 g/mol. The van der Waals surface area contributed by atoms with E-state index < -0.39 is 86.0 Å². The maximum Gasteiger partial charge on any atom is 0.331 e. The number of carbonyl (C=O) groups excluding carboxylic acids is 2. The fraction of sp³-hybridized carbons (Fsp3) is 0.560. The lowest BCUT2D eigenvalue weighted by atomic mass is 9.32. The molecule has 14 unspecified atom stereocenters. The monoisotopic (exact) mass is 813 g/mol. The first-order valence-electron chi connectivity index (χ1n) is 21.9. The molecule has 8 aliphatic carbocycles. The standard InChI is InChI=1S/C50H59N3O7/c1-29(42(57)58)27-35(54)37-31-15-9-10-16-32-39(56)38-41-49(60)26-25-48(59)28-47(31,24-19-34(37)53-43(51)52)46(32,4)50(41,48)22-12-6-11-21-44(2)36(55)20-23-45(38,3)40(44)33(49)18-17-30-13-7-5-8-14-30/h5,7-8,13-14,17-19,24-27,31-35,37,40,54,59-60H,9-10,12,15-16,20-23,28H2,1-4H3,(H,57,58)(H4,51,52,53). The number of nitrogens with two attached hydrogens (primary N) is 2. The molecule has 10 heteroatoms. The van der Waals surface area contributed by atoms with Crippen molar-refractivity contribution in [3.8, 4) is 11.8 Å². The highest BCUT2D eigenvalue weighted by Crippen LogP contribution is 2.85. The number of fused-ring (bicyclic) bond motifs is 1. The minimum absolute atomic E-state index is 0.0167. The summed E-state index contributed by atoms with van der Waals surface area (Å²) in [6, 6.07) is 9.17. The molecule has 3 fully saturated rings. The van der Waals surface area contributed by atoms with E-state index in [4.69, 9.17) is 11.5 Å². The van der Waals surface area contributed by atoms with Gasteiger partial charge in [-0.1, -0.05) is 94.3 Å². The third-order valence-corrected chi connectivity index (χ3v) is 17.7. The number of hydrogen-bond donors (Lipinski definition) is 6. The van der Waals surface area contributed by atoms with Gasteiger partial charge in [-0.2, -0.15) is 0 Å². The van der Waals surface area contributed by atoms with Gasteiger partial charge in [-0.05, 0) is 79.6 Å². The normalized spacial score (nSPS) is 45.5. The van der Waals surface area contributed by atoms with E-state index >= 15 is 4.79 Å². The van der Waals surface area contributed by atoms with Crippen molar-refractivity contribution in [1.82, 2.24) is 0 Å². The lowest BCUT2D eigenvalue weighted by molar-refractivity contribution is -0.183. The summed E-state index contributed by atoms with van der Waals surface area (Å²) in [6.07, 6.45) is 16.3. The van der Waals surface area contributed by atoms with E-state index in [9.17, 15) is 30.0 Å². The van der Waals surface area contributed by atoms with Gasteiger partial charge in [0.25, 0.3) is 0 Å². The van der Waals surface area contributed by atoms with Crippen LogP contribution in [0.3, 0.4) is 0 Å². The first-order valence-corrected chi connectivity index (χ1v) is 21.9. The highest BCUT2D eigenvalue weighted by Gasteiger charge is 2.85. The number of hydrogen-bond acceptors (Lipinski definition) is 7. The molecule has 2 spiro atoms. The van der Waals surface area contributed by atoms with E-state index in [0.29, 0.717) is 56.1 Å². The molecule has 0 heterocycles. The van der Waals surface area contributed by atoms with Crippen LogP contribution in [0.5, 0.6) is 0 Å². The number of carboxylic acid groups (broad SMARTS) is 1. The molecule has 14 atom stereocenters. The van der Waals surface area contributed by atoms with E-state index in [1.165, 1.54) is 13.0 Å². The number of aliphatic imine (C=N–C) groups is 1. The van der Waals surface area contributed by atoms with Crippen molar-refractivity contribution in [3.63, 3.8) is 0 Å².